The standard InChI is InChI=1S/C13H18N4/c1-8(2)17-10(4)15-16-13(17)12-7-11(14)6-5-9(12)3/h5-8H,14H2,1-4H3. The Morgan fingerprint density at radius 3 is 2.53 bits per heavy atom. The summed E-state index contributed by atoms with van der Waals surface area (Å²) >= 11 is 0. The molecule has 90 valence electrons. The Bertz CT molecular complexity index is 540. The van der Waals surface area contributed by atoms with Crippen molar-refractivity contribution < 1.29 is 0 Å². The summed E-state index contributed by atoms with van der Waals surface area (Å²) in [4.78, 5) is 0. The van der Waals surface area contributed by atoms with E-state index in [1.54, 1.807) is 0 Å². The molecule has 0 aliphatic heterocycles. The number of aryl methyl sites for hydroxylation is 2. The highest BCUT2D eigenvalue weighted by molar-refractivity contribution is 5.65. The fraction of sp³-hybridized carbons (Fsp3) is 0.385. The molecule has 1 heterocycles. The first-order valence-electron chi connectivity index (χ1n) is 5.78. The summed E-state index contributed by atoms with van der Waals surface area (Å²) in [5, 5.41) is 8.42. The molecule has 1 aromatic carbocycles. The van der Waals surface area contributed by atoms with Crippen LogP contribution in [0.3, 0.4) is 0 Å². The van der Waals surface area contributed by atoms with Gasteiger partial charge in [0.2, 0.25) is 0 Å². The minimum Gasteiger partial charge on any atom is -0.399 e. The SMILES string of the molecule is Cc1ccc(N)cc1-c1nnc(C)n1C(C)C. The van der Waals surface area contributed by atoms with Gasteiger partial charge in [-0.25, -0.2) is 0 Å². The predicted molar refractivity (Wildman–Crippen MR) is 69.7 cm³/mol. The van der Waals surface area contributed by atoms with Crippen molar-refractivity contribution in [2.24, 2.45) is 0 Å². The van der Waals surface area contributed by atoms with Gasteiger partial charge in [0.15, 0.2) is 5.82 Å². The molecule has 2 rings (SSSR count). The summed E-state index contributed by atoms with van der Waals surface area (Å²) in [5.74, 6) is 1.82. The third-order valence-electron chi connectivity index (χ3n) is 2.89. The number of rotatable bonds is 2. The van der Waals surface area contributed by atoms with E-state index in [-0.39, 0.29) is 0 Å². The number of aromatic nitrogens is 3. The minimum atomic E-state index is 0.334. The zero-order valence-electron chi connectivity index (χ0n) is 10.7. The molecule has 0 aliphatic rings. The average Bonchev–Trinajstić information content (AvgIpc) is 2.64. The molecule has 0 atom stereocenters. The van der Waals surface area contributed by atoms with Crippen LogP contribution in [0.25, 0.3) is 11.4 Å². The van der Waals surface area contributed by atoms with Gasteiger partial charge >= 0.3 is 0 Å². The Kier molecular flexibility index (Phi) is 2.88. The maximum atomic E-state index is 5.84. The molecule has 0 aliphatic carbocycles. The van der Waals surface area contributed by atoms with Crippen LogP contribution in [0.15, 0.2) is 18.2 Å². The second-order valence-corrected chi connectivity index (χ2v) is 4.61. The first-order chi connectivity index (χ1) is 8.00. The molecule has 1 aromatic heterocycles. The maximum Gasteiger partial charge on any atom is 0.164 e. The van der Waals surface area contributed by atoms with Crippen LogP contribution in [0.2, 0.25) is 0 Å². The quantitative estimate of drug-likeness (QED) is 0.807. The Labute approximate surface area is 101 Å². The zero-order valence-corrected chi connectivity index (χ0v) is 10.7. The minimum absolute atomic E-state index is 0.334. The van der Waals surface area contributed by atoms with Crippen molar-refractivity contribution >= 4 is 5.69 Å². The molecule has 0 spiro atoms. The van der Waals surface area contributed by atoms with Gasteiger partial charge in [-0.2, -0.15) is 0 Å². The molecule has 2 aromatic rings. The second-order valence-electron chi connectivity index (χ2n) is 4.61. The molecular formula is C13H18N4. The van der Waals surface area contributed by atoms with Crippen LogP contribution >= 0.6 is 0 Å². The number of nitrogens with two attached hydrogens (primary N) is 1. The first-order valence-corrected chi connectivity index (χ1v) is 5.78. The van der Waals surface area contributed by atoms with Gasteiger partial charge in [0, 0.05) is 17.3 Å². The lowest BCUT2D eigenvalue weighted by molar-refractivity contribution is 0.587. The fourth-order valence-electron chi connectivity index (χ4n) is 2.05. The van der Waals surface area contributed by atoms with Crippen molar-refractivity contribution in [2.75, 3.05) is 5.73 Å². The molecular weight excluding hydrogens is 212 g/mol. The third kappa shape index (κ3) is 2.02. The molecule has 4 heteroatoms. The highest BCUT2D eigenvalue weighted by Crippen LogP contribution is 2.26. The largest absolute Gasteiger partial charge is 0.399 e. The molecule has 0 fully saturated rings. The van der Waals surface area contributed by atoms with E-state index in [9.17, 15) is 0 Å². The van der Waals surface area contributed by atoms with Gasteiger partial charge in [0.25, 0.3) is 0 Å². The summed E-state index contributed by atoms with van der Waals surface area (Å²) in [6, 6.07) is 6.21. The van der Waals surface area contributed by atoms with Gasteiger partial charge in [-0.3, -0.25) is 0 Å². The molecule has 0 saturated heterocycles. The lowest BCUT2D eigenvalue weighted by Gasteiger charge is -2.14. The van der Waals surface area contributed by atoms with Crippen LogP contribution in [-0.2, 0) is 0 Å². The second kappa shape index (κ2) is 4.20. The Balaban J connectivity index is 2.64. The van der Waals surface area contributed by atoms with Gasteiger partial charge in [0.1, 0.15) is 5.82 Å². The molecule has 0 unspecified atom stereocenters. The first kappa shape index (κ1) is 11.6. The number of hydrogen-bond donors (Lipinski definition) is 1. The van der Waals surface area contributed by atoms with E-state index >= 15 is 0 Å². The van der Waals surface area contributed by atoms with Crippen LogP contribution in [-0.4, -0.2) is 14.8 Å². The van der Waals surface area contributed by atoms with Gasteiger partial charge in [-0.05, 0) is 45.4 Å². The van der Waals surface area contributed by atoms with Crippen LogP contribution in [0.4, 0.5) is 5.69 Å². The lowest BCUT2D eigenvalue weighted by atomic mass is 10.1. The number of nitrogen functional groups attached to an aromatic ring is 1. The Hall–Kier alpha value is -1.84. The number of anilines is 1. The van der Waals surface area contributed by atoms with Crippen molar-refractivity contribution in [3.05, 3.63) is 29.6 Å². The fourth-order valence-corrected chi connectivity index (χ4v) is 2.05. The van der Waals surface area contributed by atoms with Crippen LogP contribution in [0, 0.1) is 13.8 Å². The van der Waals surface area contributed by atoms with E-state index in [2.05, 4.69) is 35.5 Å². The highest BCUT2D eigenvalue weighted by atomic mass is 15.3. The molecule has 0 radical (unpaired) electrons. The van der Waals surface area contributed by atoms with Crippen LogP contribution in [0.1, 0.15) is 31.3 Å². The zero-order chi connectivity index (χ0) is 12.6. The Morgan fingerprint density at radius 1 is 1.18 bits per heavy atom. The van der Waals surface area contributed by atoms with Gasteiger partial charge < -0.3 is 10.3 Å². The molecule has 0 bridgehead atoms. The molecule has 0 amide bonds. The van der Waals surface area contributed by atoms with Crippen molar-refractivity contribution in [3.8, 4) is 11.4 Å². The summed E-state index contributed by atoms with van der Waals surface area (Å²) in [7, 11) is 0. The topological polar surface area (TPSA) is 56.7 Å². The average molecular weight is 230 g/mol. The molecule has 4 nitrogen and oxygen atoms in total. The van der Waals surface area contributed by atoms with E-state index in [1.807, 2.05) is 25.1 Å². The van der Waals surface area contributed by atoms with E-state index in [1.165, 1.54) is 0 Å². The molecule has 0 saturated carbocycles. The normalized spacial score (nSPS) is 11.1. The van der Waals surface area contributed by atoms with Gasteiger partial charge in [0.05, 0.1) is 0 Å². The van der Waals surface area contributed by atoms with Crippen LogP contribution < -0.4 is 5.73 Å². The summed E-state index contributed by atoms with van der Waals surface area (Å²) in [6.45, 7) is 8.28. The van der Waals surface area contributed by atoms with Gasteiger partial charge in [-0.15, -0.1) is 10.2 Å². The smallest absolute Gasteiger partial charge is 0.164 e. The van der Waals surface area contributed by atoms with E-state index in [0.717, 1.165) is 28.5 Å². The number of hydrogen-bond acceptors (Lipinski definition) is 3. The van der Waals surface area contributed by atoms with Crippen molar-refractivity contribution in [3.63, 3.8) is 0 Å². The molecule has 17 heavy (non-hydrogen) atoms. The lowest BCUT2D eigenvalue weighted by Crippen LogP contribution is -2.06. The van der Waals surface area contributed by atoms with E-state index in [0.29, 0.717) is 6.04 Å². The number of nitrogens with zero attached hydrogens (tertiary/aromatic N) is 3. The predicted octanol–water partition coefficient (Wildman–Crippen LogP) is 2.73. The van der Waals surface area contributed by atoms with E-state index < -0.39 is 0 Å². The van der Waals surface area contributed by atoms with Crippen molar-refractivity contribution in [2.45, 2.75) is 33.7 Å². The summed E-state index contributed by atoms with van der Waals surface area (Å²) < 4.78 is 2.13. The van der Waals surface area contributed by atoms with Crippen molar-refractivity contribution in [1.29, 1.82) is 0 Å². The Morgan fingerprint density at radius 2 is 1.88 bits per heavy atom. The summed E-state index contributed by atoms with van der Waals surface area (Å²) in [6.07, 6.45) is 0. The third-order valence-corrected chi connectivity index (χ3v) is 2.89. The number of benzene rings is 1. The monoisotopic (exact) mass is 230 g/mol. The van der Waals surface area contributed by atoms with Crippen molar-refractivity contribution in [1.82, 2.24) is 14.8 Å². The highest BCUT2D eigenvalue weighted by Gasteiger charge is 2.15. The van der Waals surface area contributed by atoms with Crippen LogP contribution in [0.5, 0.6) is 0 Å². The molecule has 2 N–H and O–H groups in total. The van der Waals surface area contributed by atoms with E-state index in [4.69, 9.17) is 5.73 Å². The maximum absolute atomic E-state index is 5.84. The van der Waals surface area contributed by atoms with Gasteiger partial charge in [-0.1, -0.05) is 6.07 Å². The summed E-state index contributed by atoms with van der Waals surface area (Å²) in [5.41, 5.74) is 8.81.